The lowest BCUT2D eigenvalue weighted by Crippen LogP contribution is -2.53. The van der Waals surface area contributed by atoms with Gasteiger partial charge in [-0.3, -0.25) is 9.69 Å². The first-order chi connectivity index (χ1) is 11.3. The molecule has 0 aromatic heterocycles. The average molecular weight is 381 g/mol. The third kappa shape index (κ3) is 3.47. The normalized spacial score (nSPS) is 21.7. The van der Waals surface area contributed by atoms with Crippen molar-refractivity contribution in [2.45, 2.75) is 12.0 Å². The largest absolute Gasteiger partial charge is 0.497 e. The highest BCUT2D eigenvalue weighted by Crippen LogP contribution is 2.41. The van der Waals surface area contributed by atoms with E-state index in [2.05, 4.69) is 40.5 Å². The Morgan fingerprint density at radius 3 is 2.56 bits per heavy atom. The van der Waals surface area contributed by atoms with E-state index < -0.39 is 0 Å². The minimum Gasteiger partial charge on any atom is -0.497 e. The summed E-state index contributed by atoms with van der Waals surface area (Å²) in [5.41, 5.74) is 3.60. The summed E-state index contributed by atoms with van der Waals surface area (Å²) in [6.07, 6.45) is 0. The molecule has 1 fully saturated rings. The summed E-state index contributed by atoms with van der Waals surface area (Å²) in [6, 6.07) is 16.5. The SMILES string of the molecule is COc1ccc2c(c1)C1C(=O)NCCN1CC2c1ccccc1.Cl.Cl. The Labute approximate surface area is 160 Å². The van der Waals surface area contributed by atoms with Gasteiger partial charge in [0.25, 0.3) is 0 Å². The highest BCUT2D eigenvalue weighted by Gasteiger charge is 2.39. The number of ether oxygens (including phenoxy) is 1. The number of rotatable bonds is 2. The van der Waals surface area contributed by atoms with Crippen LogP contribution in [0.2, 0.25) is 0 Å². The number of fused-ring (bicyclic) bond motifs is 3. The van der Waals surface area contributed by atoms with Crippen molar-refractivity contribution in [3.8, 4) is 5.75 Å². The number of carbonyl (C=O) groups excluding carboxylic acids is 1. The van der Waals surface area contributed by atoms with Crippen molar-refractivity contribution < 1.29 is 9.53 Å². The van der Waals surface area contributed by atoms with E-state index in [0.29, 0.717) is 5.92 Å². The van der Waals surface area contributed by atoms with Crippen LogP contribution in [0, 0.1) is 0 Å². The summed E-state index contributed by atoms with van der Waals surface area (Å²) in [6.45, 7) is 2.48. The predicted octanol–water partition coefficient (Wildman–Crippen LogP) is 3.16. The zero-order chi connectivity index (χ0) is 15.8. The van der Waals surface area contributed by atoms with Crippen molar-refractivity contribution in [3.63, 3.8) is 0 Å². The van der Waals surface area contributed by atoms with Crippen LogP contribution in [0.4, 0.5) is 0 Å². The van der Waals surface area contributed by atoms with Gasteiger partial charge in [0.15, 0.2) is 0 Å². The predicted molar refractivity (Wildman–Crippen MR) is 103 cm³/mol. The van der Waals surface area contributed by atoms with Crippen LogP contribution in [0.1, 0.15) is 28.7 Å². The molecule has 4 nitrogen and oxygen atoms in total. The van der Waals surface area contributed by atoms with Crippen molar-refractivity contribution in [2.24, 2.45) is 0 Å². The first-order valence-electron chi connectivity index (χ1n) is 8.02. The van der Waals surface area contributed by atoms with Crippen LogP contribution in [0.3, 0.4) is 0 Å². The Morgan fingerprint density at radius 2 is 1.84 bits per heavy atom. The molecule has 0 radical (unpaired) electrons. The molecule has 1 saturated heterocycles. The van der Waals surface area contributed by atoms with E-state index in [4.69, 9.17) is 4.74 Å². The number of carbonyl (C=O) groups is 1. The van der Waals surface area contributed by atoms with E-state index in [-0.39, 0.29) is 36.8 Å². The van der Waals surface area contributed by atoms with Crippen LogP contribution in [0.5, 0.6) is 5.75 Å². The number of amides is 1. The van der Waals surface area contributed by atoms with E-state index >= 15 is 0 Å². The first-order valence-corrected chi connectivity index (χ1v) is 8.02. The van der Waals surface area contributed by atoms with E-state index in [1.54, 1.807) is 7.11 Å². The number of piperazine rings is 1. The fourth-order valence-electron chi connectivity index (χ4n) is 3.79. The Morgan fingerprint density at radius 1 is 1.08 bits per heavy atom. The van der Waals surface area contributed by atoms with Gasteiger partial charge in [-0.15, -0.1) is 24.8 Å². The van der Waals surface area contributed by atoms with E-state index in [1.165, 1.54) is 11.1 Å². The van der Waals surface area contributed by atoms with Gasteiger partial charge in [0.1, 0.15) is 11.8 Å². The minimum absolute atomic E-state index is 0. The Balaban J connectivity index is 0.00000113. The minimum atomic E-state index is -0.200. The lowest BCUT2D eigenvalue weighted by Gasteiger charge is -2.43. The van der Waals surface area contributed by atoms with E-state index in [1.807, 2.05) is 18.2 Å². The van der Waals surface area contributed by atoms with Crippen molar-refractivity contribution in [1.29, 1.82) is 0 Å². The molecule has 25 heavy (non-hydrogen) atoms. The van der Waals surface area contributed by atoms with Crippen molar-refractivity contribution in [1.82, 2.24) is 10.2 Å². The number of hydrogen-bond donors (Lipinski definition) is 1. The molecular formula is C19H22Cl2N2O2. The van der Waals surface area contributed by atoms with Crippen molar-refractivity contribution in [2.75, 3.05) is 26.7 Å². The van der Waals surface area contributed by atoms with Gasteiger partial charge in [0, 0.05) is 25.6 Å². The molecular weight excluding hydrogens is 359 g/mol. The van der Waals surface area contributed by atoms with Crippen molar-refractivity contribution >= 4 is 30.7 Å². The molecule has 134 valence electrons. The maximum atomic E-state index is 12.4. The van der Waals surface area contributed by atoms with Gasteiger partial charge in [-0.2, -0.15) is 0 Å². The molecule has 0 bridgehead atoms. The molecule has 0 saturated carbocycles. The fourth-order valence-corrected chi connectivity index (χ4v) is 3.79. The Hall–Kier alpha value is -1.75. The monoisotopic (exact) mass is 380 g/mol. The lowest BCUT2D eigenvalue weighted by atomic mass is 9.80. The highest BCUT2D eigenvalue weighted by molar-refractivity contribution is 5.86. The number of halogens is 2. The standard InChI is InChI=1S/C19H20N2O2.2ClH/c1-23-14-7-8-15-16(11-14)18-19(22)20-9-10-21(18)12-17(15)13-5-3-2-4-6-13;;/h2-8,11,17-18H,9-10,12H2,1H3,(H,20,22);2*1H. The maximum Gasteiger partial charge on any atom is 0.242 e. The van der Waals surface area contributed by atoms with Gasteiger partial charge in [0.2, 0.25) is 5.91 Å². The number of benzene rings is 2. The summed E-state index contributed by atoms with van der Waals surface area (Å²) in [4.78, 5) is 14.7. The lowest BCUT2D eigenvalue weighted by molar-refractivity contribution is -0.129. The van der Waals surface area contributed by atoms with E-state index in [9.17, 15) is 4.79 Å². The molecule has 2 atom stereocenters. The Kier molecular flexibility index (Phi) is 6.33. The van der Waals surface area contributed by atoms with Crippen LogP contribution in [0.15, 0.2) is 48.5 Å². The summed E-state index contributed by atoms with van der Waals surface area (Å²) < 4.78 is 5.39. The Bertz CT molecular complexity index is 739. The third-order valence-corrected chi connectivity index (χ3v) is 4.89. The molecule has 1 amide bonds. The number of nitrogens with one attached hydrogen (secondary N) is 1. The second kappa shape index (κ2) is 8.09. The van der Waals surface area contributed by atoms with E-state index in [0.717, 1.165) is 30.9 Å². The topological polar surface area (TPSA) is 41.6 Å². The average Bonchev–Trinajstić information content (AvgIpc) is 2.61. The highest BCUT2D eigenvalue weighted by atomic mass is 35.5. The fraction of sp³-hybridized carbons (Fsp3) is 0.316. The number of nitrogens with zero attached hydrogens (tertiary/aromatic N) is 1. The second-order valence-corrected chi connectivity index (χ2v) is 6.15. The second-order valence-electron chi connectivity index (χ2n) is 6.15. The van der Waals surface area contributed by atoms with Gasteiger partial charge < -0.3 is 10.1 Å². The molecule has 2 aliphatic rings. The quantitative estimate of drug-likeness (QED) is 0.869. The summed E-state index contributed by atoms with van der Waals surface area (Å²) in [5.74, 6) is 1.19. The van der Waals surface area contributed by atoms with Gasteiger partial charge in [-0.25, -0.2) is 0 Å². The van der Waals surface area contributed by atoms with Crippen LogP contribution in [-0.4, -0.2) is 37.6 Å². The molecule has 6 heteroatoms. The molecule has 2 unspecified atom stereocenters. The zero-order valence-electron chi connectivity index (χ0n) is 14.0. The smallest absolute Gasteiger partial charge is 0.242 e. The summed E-state index contributed by atoms with van der Waals surface area (Å²) in [5, 5.41) is 2.99. The molecule has 1 N–H and O–H groups in total. The van der Waals surface area contributed by atoms with Gasteiger partial charge in [0.05, 0.1) is 7.11 Å². The van der Waals surface area contributed by atoms with Gasteiger partial charge in [-0.05, 0) is 28.8 Å². The first kappa shape index (κ1) is 19.6. The zero-order valence-corrected chi connectivity index (χ0v) is 15.6. The molecule has 2 aromatic carbocycles. The number of methoxy groups -OCH3 is 1. The maximum absolute atomic E-state index is 12.4. The summed E-state index contributed by atoms with van der Waals surface area (Å²) in [7, 11) is 1.66. The summed E-state index contributed by atoms with van der Waals surface area (Å²) >= 11 is 0. The van der Waals surface area contributed by atoms with Crippen LogP contribution in [-0.2, 0) is 4.79 Å². The molecule has 4 rings (SSSR count). The van der Waals surface area contributed by atoms with Crippen LogP contribution < -0.4 is 10.1 Å². The molecule has 0 spiro atoms. The van der Waals surface area contributed by atoms with Crippen molar-refractivity contribution in [3.05, 3.63) is 65.2 Å². The van der Waals surface area contributed by atoms with Gasteiger partial charge >= 0.3 is 0 Å². The third-order valence-electron chi connectivity index (χ3n) is 4.89. The van der Waals surface area contributed by atoms with Gasteiger partial charge in [-0.1, -0.05) is 36.4 Å². The van der Waals surface area contributed by atoms with Crippen LogP contribution >= 0.6 is 24.8 Å². The number of hydrogen-bond acceptors (Lipinski definition) is 3. The molecule has 2 aliphatic heterocycles. The molecule has 0 aliphatic carbocycles. The molecule has 2 aromatic rings. The van der Waals surface area contributed by atoms with Crippen LogP contribution in [0.25, 0.3) is 0 Å². The molecule has 2 heterocycles.